The summed E-state index contributed by atoms with van der Waals surface area (Å²) in [5.41, 5.74) is 4.62. The highest BCUT2D eigenvalue weighted by atomic mass is 35.5. The number of ether oxygens (including phenoxy) is 1. The predicted octanol–water partition coefficient (Wildman–Crippen LogP) is 2.71. The van der Waals surface area contributed by atoms with Crippen LogP contribution in [0.15, 0.2) is 0 Å². The van der Waals surface area contributed by atoms with Crippen LogP contribution in [0.3, 0.4) is 0 Å². The molecule has 106 valence electrons. The number of carbonyl (C=O) groups excluding carboxylic acids is 2. The Labute approximate surface area is 125 Å². The lowest BCUT2D eigenvalue weighted by Gasteiger charge is -2.23. The molecule has 0 aliphatic rings. The molecule has 3 N–H and O–H groups in total. The summed E-state index contributed by atoms with van der Waals surface area (Å²) in [4.78, 5) is 23.9. The maximum Gasteiger partial charge on any atom is 0.331 e. The van der Waals surface area contributed by atoms with Gasteiger partial charge in [0.15, 0.2) is 0 Å². The van der Waals surface area contributed by atoms with Gasteiger partial charge in [0.1, 0.15) is 14.8 Å². The van der Waals surface area contributed by atoms with Crippen molar-refractivity contribution < 1.29 is 14.3 Å². The van der Waals surface area contributed by atoms with Gasteiger partial charge in [-0.3, -0.25) is 4.79 Å². The molecule has 0 spiro atoms. The number of anilines is 1. The van der Waals surface area contributed by atoms with Crippen LogP contribution in [-0.4, -0.2) is 24.0 Å². The first-order valence-corrected chi connectivity index (χ1v) is 7.01. The summed E-state index contributed by atoms with van der Waals surface area (Å²) in [5, 5.41) is 2.68. The molecule has 0 fully saturated rings. The first kappa shape index (κ1) is 16.1. The van der Waals surface area contributed by atoms with Gasteiger partial charge in [0.2, 0.25) is 0 Å². The van der Waals surface area contributed by atoms with Crippen molar-refractivity contribution in [3.8, 4) is 0 Å². The summed E-state index contributed by atoms with van der Waals surface area (Å²) in [6.07, 6.45) is 0. The molecule has 1 heterocycles. The summed E-state index contributed by atoms with van der Waals surface area (Å²) >= 11 is 12.6. The number of hydrogen-bond acceptors (Lipinski definition) is 5. The van der Waals surface area contributed by atoms with E-state index in [4.69, 9.17) is 33.7 Å². The van der Waals surface area contributed by atoms with Crippen molar-refractivity contribution in [2.45, 2.75) is 26.3 Å². The van der Waals surface area contributed by atoms with Crippen molar-refractivity contribution in [2.75, 3.05) is 12.3 Å². The highest BCUT2D eigenvalue weighted by Crippen LogP contribution is 2.39. The Morgan fingerprint density at radius 1 is 1.42 bits per heavy atom. The summed E-state index contributed by atoms with van der Waals surface area (Å²) in [6, 6.07) is 0. The molecule has 0 aromatic carbocycles. The van der Waals surface area contributed by atoms with E-state index in [0.29, 0.717) is 0 Å². The topological polar surface area (TPSA) is 81.4 Å². The zero-order valence-electron chi connectivity index (χ0n) is 10.7. The molecule has 19 heavy (non-hydrogen) atoms. The van der Waals surface area contributed by atoms with E-state index in [1.54, 1.807) is 6.92 Å². The summed E-state index contributed by atoms with van der Waals surface area (Å²) in [6.45, 7) is 5.00. The van der Waals surface area contributed by atoms with Gasteiger partial charge >= 0.3 is 5.97 Å². The number of thiophene rings is 1. The molecule has 0 aliphatic heterocycles. The third-order valence-corrected chi connectivity index (χ3v) is 4.28. The van der Waals surface area contributed by atoms with Crippen molar-refractivity contribution in [1.29, 1.82) is 0 Å². The molecular weight excluding hydrogens is 311 g/mol. The summed E-state index contributed by atoms with van der Waals surface area (Å²) in [5.74, 6) is -1.05. The molecule has 0 bridgehead atoms. The van der Waals surface area contributed by atoms with Crippen LogP contribution in [0.4, 0.5) is 5.69 Å². The minimum absolute atomic E-state index is 0.105. The molecule has 5 nitrogen and oxygen atoms in total. The summed E-state index contributed by atoms with van der Waals surface area (Å²) < 4.78 is 5.10. The van der Waals surface area contributed by atoms with E-state index in [1.165, 1.54) is 13.8 Å². The fraction of sp³-hybridized carbons (Fsp3) is 0.455. The van der Waals surface area contributed by atoms with E-state index in [1.807, 2.05) is 0 Å². The number of nitrogens with one attached hydrogen (secondary N) is 1. The molecule has 8 heteroatoms. The van der Waals surface area contributed by atoms with Gasteiger partial charge in [-0.2, -0.15) is 0 Å². The van der Waals surface area contributed by atoms with Gasteiger partial charge in [-0.15, -0.1) is 11.3 Å². The lowest BCUT2D eigenvalue weighted by atomic mass is 10.1. The van der Waals surface area contributed by atoms with Crippen molar-refractivity contribution in [2.24, 2.45) is 0 Å². The van der Waals surface area contributed by atoms with Gasteiger partial charge in [0.25, 0.3) is 5.91 Å². The van der Waals surface area contributed by atoms with E-state index < -0.39 is 17.4 Å². The Hall–Kier alpha value is -0.980. The molecule has 0 atom stereocenters. The van der Waals surface area contributed by atoms with Gasteiger partial charge in [-0.1, -0.05) is 23.2 Å². The number of nitrogen functional groups attached to an aromatic ring is 1. The number of amides is 1. The first-order valence-electron chi connectivity index (χ1n) is 5.43. The largest absolute Gasteiger partial charge is 0.464 e. The lowest BCUT2D eigenvalue weighted by Crippen LogP contribution is -2.50. The maximum atomic E-state index is 12.0. The average Bonchev–Trinajstić information content (AvgIpc) is 2.57. The van der Waals surface area contributed by atoms with Crippen LogP contribution in [0.25, 0.3) is 0 Å². The number of nitrogens with two attached hydrogens (primary N) is 1. The minimum Gasteiger partial charge on any atom is -0.464 e. The Balaban J connectivity index is 2.90. The van der Waals surface area contributed by atoms with Gasteiger partial charge in [0, 0.05) is 0 Å². The fourth-order valence-electron chi connectivity index (χ4n) is 1.27. The molecule has 0 aliphatic carbocycles. The maximum absolute atomic E-state index is 12.0. The number of halogens is 2. The van der Waals surface area contributed by atoms with Crippen LogP contribution >= 0.6 is 34.5 Å². The molecule has 1 rings (SSSR count). The van der Waals surface area contributed by atoms with Crippen LogP contribution in [0.1, 0.15) is 30.4 Å². The van der Waals surface area contributed by atoms with Crippen LogP contribution < -0.4 is 11.1 Å². The van der Waals surface area contributed by atoms with E-state index in [2.05, 4.69) is 5.32 Å². The second-order valence-electron chi connectivity index (χ2n) is 4.23. The van der Waals surface area contributed by atoms with Gasteiger partial charge in [-0.05, 0) is 20.8 Å². The van der Waals surface area contributed by atoms with Crippen molar-refractivity contribution in [1.82, 2.24) is 5.32 Å². The third kappa shape index (κ3) is 3.52. The van der Waals surface area contributed by atoms with Gasteiger partial charge in [-0.25, -0.2) is 4.79 Å². The number of rotatable bonds is 4. The number of carbonyl (C=O) groups is 2. The van der Waals surface area contributed by atoms with E-state index in [-0.39, 0.29) is 26.5 Å². The highest BCUT2D eigenvalue weighted by Gasteiger charge is 2.32. The quantitative estimate of drug-likeness (QED) is 0.834. The molecule has 0 saturated heterocycles. The normalized spacial score (nSPS) is 11.2. The van der Waals surface area contributed by atoms with E-state index >= 15 is 0 Å². The van der Waals surface area contributed by atoms with Crippen molar-refractivity contribution >= 4 is 52.1 Å². The Morgan fingerprint density at radius 3 is 2.42 bits per heavy atom. The predicted molar refractivity (Wildman–Crippen MR) is 76.9 cm³/mol. The molecule has 0 radical (unpaired) electrons. The second kappa shape index (κ2) is 5.98. The van der Waals surface area contributed by atoms with E-state index in [9.17, 15) is 9.59 Å². The zero-order chi connectivity index (χ0) is 14.8. The SMILES string of the molecule is CCOC(=O)C(C)(C)NC(=O)c1sc(Cl)c(Cl)c1N. The van der Waals surface area contributed by atoms with E-state index in [0.717, 1.165) is 11.3 Å². The Morgan fingerprint density at radius 2 is 2.00 bits per heavy atom. The fourth-order valence-corrected chi connectivity index (χ4v) is 2.60. The zero-order valence-corrected chi connectivity index (χ0v) is 13.0. The van der Waals surface area contributed by atoms with Crippen LogP contribution in [0.5, 0.6) is 0 Å². The van der Waals surface area contributed by atoms with Crippen LogP contribution in [-0.2, 0) is 9.53 Å². The monoisotopic (exact) mass is 324 g/mol. The molecular formula is C11H14Cl2N2O3S. The number of esters is 1. The molecule has 1 aromatic heterocycles. The smallest absolute Gasteiger partial charge is 0.331 e. The third-order valence-electron chi connectivity index (χ3n) is 2.26. The van der Waals surface area contributed by atoms with Gasteiger partial charge < -0.3 is 15.8 Å². The highest BCUT2D eigenvalue weighted by molar-refractivity contribution is 7.19. The Kier molecular flexibility index (Phi) is 5.06. The van der Waals surface area contributed by atoms with Crippen molar-refractivity contribution in [3.05, 3.63) is 14.2 Å². The molecule has 0 unspecified atom stereocenters. The van der Waals surface area contributed by atoms with Gasteiger partial charge in [0.05, 0.1) is 17.3 Å². The summed E-state index contributed by atoms with van der Waals surface area (Å²) in [7, 11) is 0. The van der Waals surface area contributed by atoms with Crippen LogP contribution in [0.2, 0.25) is 9.36 Å². The molecule has 0 saturated carbocycles. The minimum atomic E-state index is -1.16. The number of hydrogen-bond donors (Lipinski definition) is 2. The van der Waals surface area contributed by atoms with Crippen molar-refractivity contribution in [3.63, 3.8) is 0 Å². The molecule has 1 aromatic rings. The average molecular weight is 325 g/mol. The Bertz CT molecular complexity index is 514. The molecule has 1 amide bonds. The lowest BCUT2D eigenvalue weighted by molar-refractivity contribution is -0.149. The standard InChI is InChI=1S/C11H14Cl2N2O3S/c1-4-18-10(17)11(2,3)15-9(16)7-6(14)5(12)8(13)19-7/h4,14H2,1-3H3,(H,15,16). The van der Waals surface area contributed by atoms with Crippen LogP contribution in [0, 0.1) is 0 Å². The second-order valence-corrected chi connectivity index (χ2v) is 6.23. The first-order chi connectivity index (χ1) is 8.70.